The Labute approximate surface area is 115 Å². The second-order valence-electron chi connectivity index (χ2n) is 5.83. The first-order valence-electron chi connectivity index (χ1n) is 7.26. The molecule has 4 heteroatoms. The van der Waals surface area contributed by atoms with Crippen LogP contribution < -0.4 is 11.1 Å². The molecule has 0 aromatic heterocycles. The standard InChI is InChI=1S/C14H24N2OS/c15-13(18)14(9-5-2-6-10-14)16-12(17)11-7-3-1-4-8-11/h11H,1-10H2,(H2,15,18)(H,16,17). The smallest absolute Gasteiger partial charge is 0.223 e. The summed E-state index contributed by atoms with van der Waals surface area (Å²) in [7, 11) is 0. The minimum atomic E-state index is -0.387. The molecule has 3 nitrogen and oxygen atoms in total. The van der Waals surface area contributed by atoms with Crippen molar-refractivity contribution in [2.45, 2.75) is 69.7 Å². The minimum absolute atomic E-state index is 0.185. The molecule has 0 saturated heterocycles. The molecule has 0 aliphatic heterocycles. The summed E-state index contributed by atoms with van der Waals surface area (Å²) in [5.41, 5.74) is 5.51. The Bertz CT molecular complexity index is 318. The average Bonchev–Trinajstić information content (AvgIpc) is 2.40. The number of nitrogens with two attached hydrogens (primary N) is 1. The number of rotatable bonds is 3. The van der Waals surface area contributed by atoms with Gasteiger partial charge in [-0.15, -0.1) is 0 Å². The largest absolute Gasteiger partial charge is 0.391 e. The summed E-state index contributed by atoms with van der Waals surface area (Å²) in [5, 5.41) is 3.20. The molecule has 0 unspecified atom stereocenters. The zero-order valence-electron chi connectivity index (χ0n) is 11.0. The predicted molar refractivity (Wildman–Crippen MR) is 77.3 cm³/mol. The molecule has 2 saturated carbocycles. The Hall–Kier alpha value is -0.640. The van der Waals surface area contributed by atoms with Crippen LogP contribution in [0, 0.1) is 5.92 Å². The molecule has 2 aliphatic rings. The first-order valence-corrected chi connectivity index (χ1v) is 7.67. The number of hydrogen-bond donors (Lipinski definition) is 2. The van der Waals surface area contributed by atoms with E-state index in [-0.39, 0.29) is 17.4 Å². The Morgan fingerprint density at radius 3 is 2.17 bits per heavy atom. The summed E-state index contributed by atoms with van der Waals surface area (Å²) in [5.74, 6) is 0.372. The minimum Gasteiger partial charge on any atom is -0.391 e. The molecule has 0 aromatic rings. The van der Waals surface area contributed by atoms with E-state index in [1.54, 1.807) is 0 Å². The van der Waals surface area contributed by atoms with Gasteiger partial charge in [-0.2, -0.15) is 0 Å². The number of hydrogen-bond acceptors (Lipinski definition) is 2. The summed E-state index contributed by atoms with van der Waals surface area (Å²) in [4.78, 5) is 12.8. The van der Waals surface area contributed by atoms with Crippen molar-refractivity contribution in [3.8, 4) is 0 Å². The van der Waals surface area contributed by atoms with E-state index < -0.39 is 0 Å². The lowest BCUT2D eigenvalue weighted by molar-refractivity contribution is -0.127. The van der Waals surface area contributed by atoms with Gasteiger partial charge in [0.15, 0.2) is 0 Å². The molecular formula is C14H24N2OS. The number of thiocarbonyl (C=S) groups is 1. The molecule has 0 spiro atoms. The lowest BCUT2D eigenvalue weighted by atomic mass is 9.80. The summed E-state index contributed by atoms with van der Waals surface area (Å²) < 4.78 is 0. The van der Waals surface area contributed by atoms with Crippen molar-refractivity contribution < 1.29 is 4.79 Å². The van der Waals surface area contributed by atoms with Crippen LogP contribution >= 0.6 is 12.2 Å². The number of carbonyl (C=O) groups is 1. The molecule has 102 valence electrons. The first kappa shape index (κ1) is 13.8. The third kappa shape index (κ3) is 3.02. The van der Waals surface area contributed by atoms with E-state index in [2.05, 4.69) is 5.32 Å². The highest BCUT2D eigenvalue weighted by atomic mass is 32.1. The molecule has 3 N–H and O–H groups in total. The molecule has 0 heterocycles. The van der Waals surface area contributed by atoms with Crippen molar-refractivity contribution in [2.24, 2.45) is 11.7 Å². The van der Waals surface area contributed by atoms with Gasteiger partial charge in [0.05, 0.1) is 10.5 Å². The summed E-state index contributed by atoms with van der Waals surface area (Å²) >= 11 is 5.21. The van der Waals surface area contributed by atoms with Crippen LogP contribution in [0.4, 0.5) is 0 Å². The molecule has 0 atom stereocenters. The summed E-state index contributed by atoms with van der Waals surface area (Å²) in [6.45, 7) is 0. The van der Waals surface area contributed by atoms with Crippen LogP contribution in [0.5, 0.6) is 0 Å². The maximum Gasteiger partial charge on any atom is 0.223 e. The Morgan fingerprint density at radius 1 is 1.06 bits per heavy atom. The van der Waals surface area contributed by atoms with Crippen LogP contribution in [-0.4, -0.2) is 16.4 Å². The molecule has 18 heavy (non-hydrogen) atoms. The fourth-order valence-electron chi connectivity index (χ4n) is 3.29. The predicted octanol–water partition coefficient (Wildman–Crippen LogP) is 2.67. The van der Waals surface area contributed by atoms with Gasteiger partial charge in [-0.1, -0.05) is 50.7 Å². The van der Waals surface area contributed by atoms with Gasteiger partial charge in [-0.25, -0.2) is 0 Å². The van der Waals surface area contributed by atoms with E-state index in [0.717, 1.165) is 38.5 Å². The topological polar surface area (TPSA) is 55.1 Å². The Morgan fingerprint density at radius 2 is 1.61 bits per heavy atom. The van der Waals surface area contributed by atoms with Gasteiger partial charge in [0, 0.05) is 5.92 Å². The fourth-order valence-corrected chi connectivity index (χ4v) is 3.55. The molecule has 0 aromatic carbocycles. The summed E-state index contributed by atoms with van der Waals surface area (Å²) in [6.07, 6.45) is 11.0. The van der Waals surface area contributed by atoms with Gasteiger partial charge in [-0.3, -0.25) is 4.79 Å². The maximum atomic E-state index is 12.3. The van der Waals surface area contributed by atoms with E-state index in [1.807, 2.05) is 0 Å². The second-order valence-corrected chi connectivity index (χ2v) is 6.27. The number of amides is 1. The monoisotopic (exact) mass is 268 g/mol. The van der Waals surface area contributed by atoms with Crippen molar-refractivity contribution in [2.75, 3.05) is 0 Å². The van der Waals surface area contributed by atoms with E-state index in [9.17, 15) is 4.79 Å². The van der Waals surface area contributed by atoms with Gasteiger partial charge in [0.2, 0.25) is 5.91 Å². The SMILES string of the molecule is NC(=S)C1(NC(=O)C2CCCCC2)CCCCC1. The van der Waals surface area contributed by atoms with Gasteiger partial charge < -0.3 is 11.1 Å². The Balaban J connectivity index is 1.99. The van der Waals surface area contributed by atoms with Crippen LogP contribution in [0.25, 0.3) is 0 Å². The van der Waals surface area contributed by atoms with Gasteiger partial charge in [0.1, 0.15) is 0 Å². The molecule has 2 rings (SSSR count). The van der Waals surface area contributed by atoms with Gasteiger partial charge in [0.25, 0.3) is 0 Å². The lowest BCUT2D eigenvalue weighted by Crippen LogP contribution is -2.58. The molecule has 2 aliphatic carbocycles. The van der Waals surface area contributed by atoms with Crippen LogP contribution in [0.3, 0.4) is 0 Å². The maximum absolute atomic E-state index is 12.3. The van der Waals surface area contributed by atoms with Crippen molar-refractivity contribution in [1.82, 2.24) is 5.32 Å². The third-order valence-corrected chi connectivity index (χ3v) is 4.91. The quantitative estimate of drug-likeness (QED) is 0.774. The van der Waals surface area contributed by atoms with Gasteiger partial charge >= 0.3 is 0 Å². The van der Waals surface area contributed by atoms with E-state index >= 15 is 0 Å². The van der Waals surface area contributed by atoms with Crippen LogP contribution in [-0.2, 0) is 4.79 Å². The van der Waals surface area contributed by atoms with E-state index in [4.69, 9.17) is 18.0 Å². The zero-order valence-corrected chi connectivity index (χ0v) is 11.9. The van der Waals surface area contributed by atoms with Crippen molar-refractivity contribution in [3.05, 3.63) is 0 Å². The molecule has 0 bridgehead atoms. The summed E-state index contributed by atoms with van der Waals surface area (Å²) in [6, 6.07) is 0. The van der Waals surface area contributed by atoms with Crippen LogP contribution in [0.2, 0.25) is 0 Å². The third-order valence-electron chi connectivity index (χ3n) is 4.52. The number of nitrogens with one attached hydrogen (secondary N) is 1. The fraction of sp³-hybridized carbons (Fsp3) is 0.857. The first-order chi connectivity index (χ1) is 8.64. The van der Waals surface area contributed by atoms with Crippen LogP contribution in [0.1, 0.15) is 64.2 Å². The highest BCUT2D eigenvalue weighted by Gasteiger charge is 2.38. The molecule has 1 amide bonds. The van der Waals surface area contributed by atoms with Crippen molar-refractivity contribution >= 4 is 23.1 Å². The molecule has 2 fully saturated rings. The average molecular weight is 268 g/mol. The van der Waals surface area contributed by atoms with Crippen molar-refractivity contribution in [1.29, 1.82) is 0 Å². The van der Waals surface area contributed by atoms with Crippen LogP contribution in [0.15, 0.2) is 0 Å². The molecular weight excluding hydrogens is 244 g/mol. The van der Waals surface area contributed by atoms with Gasteiger partial charge in [-0.05, 0) is 25.7 Å². The van der Waals surface area contributed by atoms with E-state index in [1.165, 1.54) is 25.7 Å². The normalized spacial score (nSPS) is 24.4. The highest BCUT2D eigenvalue weighted by Crippen LogP contribution is 2.30. The zero-order chi connectivity index (χ0) is 13.0. The lowest BCUT2D eigenvalue weighted by Gasteiger charge is -2.38. The van der Waals surface area contributed by atoms with Crippen molar-refractivity contribution in [3.63, 3.8) is 0 Å². The highest BCUT2D eigenvalue weighted by molar-refractivity contribution is 7.80. The molecule has 0 radical (unpaired) electrons. The Kier molecular flexibility index (Phi) is 4.60. The van der Waals surface area contributed by atoms with E-state index in [0.29, 0.717) is 4.99 Å². The second kappa shape index (κ2) is 6.00. The number of carbonyl (C=O) groups excluding carboxylic acids is 1.